The molecule has 2 fully saturated rings. The lowest BCUT2D eigenvalue weighted by Crippen LogP contribution is -2.56. The molecule has 47 heavy (non-hydrogen) atoms. The van der Waals surface area contributed by atoms with E-state index in [9.17, 15) is 30.0 Å². The number of rotatable bonds is 18. The maximum Gasteiger partial charge on any atom is 0.294 e. The number of halogens is 2. The molecule has 3 heterocycles. The normalized spacial score (nSPS) is 19.0. The summed E-state index contributed by atoms with van der Waals surface area (Å²) in [5, 5.41) is 51.3. The summed E-state index contributed by atoms with van der Waals surface area (Å²) in [6.45, 7) is 2.25. The van der Waals surface area contributed by atoms with Crippen molar-refractivity contribution in [2.45, 2.75) is 56.2 Å². The Morgan fingerprint density at radius 2 is 1.77 bits per heavy atom. The van der Waals surface area contributed by atoms with Crippen LogP contribution in [-0.4, -0.2) is 130 Å². The Balaban J connectivity index is 1.17. The van der Waals surface area contributed by atoms with Crippen LogP contribution < -0.4 is 15.0 Å². The third-order valence-corrected chi connectivity index (χ3v) is 8.78. The molecule has 1 unspecified atom stereocenters. The van der Waals surface area contributed by atoms with Crippen molar-refractivity contribution in [2.75, 3.05) is 57.4 Å². The first-order chi connectivity index (χ1) is 22.6. The highest BCUT2D eigenvalue weighted by atomic mass is 35.5. The minimum absolute atomic E-state index is 0.0289. The van der Waals surface area contributed by atoms with Gasteiger partial charge in [-0.15, -0.1) is 0 Å². The Morgan fingerprint density at radius 3 is 2.40 bits per heavy atom. The number of amides is 1. The summed E-state index contributed by atoms with van der Waals surface area (Å²) in [4.78, 5) is 36.4. The number of ether oxygens (including phenoxy) is 2. The first kappa shape index (κ1) is 36.7. The highest BCUT2D eigenvalue weighted by molar-refractivity contribution is 6.30. The van der Waals surface area contributed by atoms with Crippen molar-refractivity contribution in [3.8, 4) is 5.75 Å². The number of nitrogens with zero attached hydrogens (tertiary/aromatic N) is 4. The second-order valence-electron chi connectivity index (χ2n) is 12.0. The Bertz CT molecular complexity index is 1280. The Labute approximate surface area is 277 Å². The van der Waals surface area contributed by atoms with Crippen LogP contribution in [0.1, 0.15) is 37.4 Å². The molecule has 0 bridgehead atoms. The number of anilines is 1. The van der Waals surface area contributed by atoms with Crippen LogP contribution in [0.4, 0.5) is 10.3 Å². The van der Waals surface area contributed by atoms with E-state index in [0.717, 1.165) is 38.8 Å². The average molecular weight is 684 g/mol. The van der Waals surface area contributed by atoms with E-state index in [-0.39, 0.29) is 37.6 Å². The van der Waals surface area contributed by atoms with Crippen molar-refractivity contribution < 1.29 is 49.0 Å². The lowest BCUT2D eigenvalue weighted by molar-refractivity contribution is -0.156. The number of carbonyl (C=O) groups excluding carboxylic acids is 2. The van der Waals surface area contributed by atoms with E-state index in [1.165, 1.54) is 23.1 Å². The summed E-state index contributed by atoms with van der Waals surface area (Å²) in [7, 11) is 0. The number of hydrogen-bond acceptors (Lipinski definition) is 13. The number of aliphatic hydroxyl groups is 5. The third kappa shape index (κ3) is 10.2. The largest absolute Gasteiger partial charge is 0.493 e. The number of carbonyl (C=O) groups is 2. The van der Waals surface area contributed by atoms with Crippen molar-refractivity contribution >= 4 is 29.9 Å². The first-order valence-corrected chi connectivity index (χ1v) is 16.1. The molecule has 1 aromatic carbocycles. The highest BCUT2D eigenvalue weighted by Crippen LogP contribution is 2.29. The summed E-state index contributed by atoms with van der Waals surface area (Å²) in [5.74, 6) is 0.179. The summed E-state index contributed by atoms with van der Waals surface area (Å²) in [6, 6.07) is 4.09. The number of benzene rings is 1. The van der Waals surface area contributed by atoms with Crippen molar-refractivity contribution in [1.29, 1.82) is 0 Å². The zero-order valence-electron chi connectivity index (χ0n) is 25.9. The molecule has 6 N–H and O–H groups in total. The van der Waals surface area contributed by atoms with Crippen LogP contribution in [-0.2, 0) is 14.3 Å². The maximum atomic E-state index is 15.1. The van der Waals surface area contributed by atoms with Gasteiger partial charge < -0.3 is 50.1 Å². The SMILES string of the molecule is O=COC(C(=O)N1CC(CNC[C@H](O)[C@@H](O)[C@H](O)[C@H](O)CO)C1)c1ccc(OCCCC2CCN(c3ncc(Cl)cn3)CC2)cc1F. The predicted molar refractivity (Wildman–Crippen MR) is 167 cm³/mol. The fourth-order valence-electron chi connectivity index (χ4n) is 5.75. The molecule has 0 aliphatic carbocycles. The van der Waals surface area contributed by atoms with Gasteiger partial charge in [-0.1, -0.05) is 11.6 Å². The summed E-state index contributed by atoms with van der Waals surface area (Å²) in [5.41, 5.74) is -0.0896. The van der Waals surface area contributed by atoms with Gasteiger partial charge in [0.25, 0.3) is 12.4 Å². The number of likely N-dealkylation sites (tertiary alicyclic amines) is 1. The molecule has 2 aliphatic heterocycles. The highest BCUT2D eigenvalue weighted by Gasteiger charge is 2.37. The molecule has 4 rings (SSSR count). The molecule has 2 aromatic rings. The fourth-order valence-corrected chi connectivity index (χ4v) is 5.84. The molecular weight excluding hydrogens is 641 g/mol. The van der Waals surface area contributed by atoms with Crippen molar-refractivity contribution in [3.63, 3.8) is 0 Å². The van der Waals surface area contributed by atoms with Crippen LogP contribution in [0.5, 0.6) is 5.75 Å². The number of piperidine rings is 1. The van der Waals surface area contributed by atoms with Crippen molar-refractivity contribution in [2.24, 2.45) is 11.8 Å². The minimum atomic E-state index is -1.72. The molecule has 2 aliphatic rings. The molecule has 1 amide bonds. The lowest BCUT2D eigenvalue weighted by atomic mass is 9.92. The van der Waals surface area contributed by atoms with Crippen molar-refractivity contribution in [1.82, 2.24) is 20.2 Å². The first-order valence-electron chi connectivity index (χ1n) is 15.7. The van der Waals surface area contributed by atoms with Gasteiger partial charge in [0.1, 0.15) is 29.9 Å². The Kier molecular flexibility index (Phi) is 13.9. The summed E-state index contributed by atoms with van der Waals surface area (Å²) in [6.07, 6.45) is -0.913. The van der Waals surface area contributed by atoms with Crippen LogP contribution in [0.2, 0.25) is 5.02 Å². The Hall–Kier alpha value is -3.18. The number of aromatic nitrogens is 2. The standard InChI is InChI=1S/C31H43ClFN5O9/c32-21-12-35-31(36-13-21)37-7-5-19(6-8-37)2-1-9-46-22-3-4-23(24(33)10-22)29(47-18-40)30(45)38-15-20(16-38)11-34-14-25(41)27(43)28(44)26(42)17-39/h3-4,10,12-13,18-20,25-29,34,39,41-44H,1-2,5-9,11,14-17H2/t25-,26+,27+,28+,29?/m0/s1. The number of nitrogens with one attached hydrogen (secondary N) is 1. The quantitative estimate of drug-likeness (QED) is 0.0911. The fraction of sp³-hybridized carbons (Fsp3) is 0.613. The van der Waals surface area contributed by atoms with E-state index in [1.807, 2.05) is 0 Å². The molecule has 260 valence electrons. The van der Waals surface area contributed by atoms with Crippen LogP contribution >= 0.6 is 11.6 Å². The average Bonchev–Trinajstić information content (AvgIpc) is 3.06. The van der Waals surface area contributed by atoms with E-state index in [4.69, 9.17) is 26.2 Å². The molecule has 0 spiro atoms. The third-order valence-electron chi connectivity index (χ3n) is 8.58. The van der Waals surface area contributed by atoms with E-state index in [2.05, 4.69) is 20.2 Å². The molecule has 2 saturated heterocycles. The monoisotopic (exact) mass is 683 g/mol. The van der Waals surface area contributed by atoms with Crippen LogP contribution in [0.3, 0.4) is 0 Å². The second-order valence-corrected chi connectivity index (χ2v) is 12.4. The van der Waals surface area contributed by atoms with E-state index >= 15 is 4.39 Å². The van der Waals surface area contributed by atoms with Gasteiger partial charge in [-0.3, -0.25) is 9.59 Å². The van der Waals surface area contributed by atoms with E-state index in [0.29, 0.717) is 35.8 Å². The maximum absolute atomic E-state index is 15.1. The van der Waals surface area contributed by atoms with Crippen LogP contribution in [0.25, 0.3) is 0 Å². The smallest absolute Gasteiger partial charge is 0.294 e. The van der Waals surface area contributed by atoms with E-state index < -0.39 is 48.9 Å². The van der Waals surface area contributed by atoms with Crippen LogP contribution in [0.15, 0.2) is 30.6 Å². The number of aliphatic hydroxyl groups excluding tert-OH is 5. The van der Waals surface area contributed by atoms with Crippen molar-refractivity contribution in [3.05, 3.63) is 47.0 Å². The van der Waals surface area contributed by atoms with Gasteiger partial charge >= 0.3 is 0 Å². The summed E-state index contributed by atoms with van der Waals surface area (Å²) < 4.78 is 25.9. The molecule has 16 heteroatoms. The zero-order chi connectivity index (χ0) is 33.9. The van der Waals surface area contributed by atoms with Gasteiger partial charge in [-0.2, -0.15) is 0 Å². The molecule has 0 radical (unpaired) electrons. The molecule has 14 nitrogen and oxygen atoms in total. The minimum Gasteiger partial charge on any atom is -0.493 e. The zero-order valence-corrected chi connectivity index (χ0v) is 26.7. The molecule has 0 saturated carbocycles. The topological polar surface area (TPSA) is 198 Å². The molecule has 5 atom stereocenters. The van der Waals surface area contributed by atoms with Gasteiger partial charge in [0.15, 0.2) is 0 Å². The van der Waals surface area contributed by atoms with Gasteiger partial charge in [0, 0.05) is 56.8 Å². The van der Waals surface area contributed by atoms with Gasteiger partial charge in [-0.05, 0) is 43.7 Å². The Morgan fingerprint density at radius 1 is 1.09 bits per heavy atom. The molecular formula is C31H43ClFN5O9. The van der Waals surface area contributed by atoms with Gasteiger partial charge in [0.2, 0.25) is 12.1 Å². The molecule has 1 aromatic heterocycles. The number of hydrogen-bond donors (Lipinski definition) is 6. The summed E-state index contributed by atoms with van der Waals surface area (Å²) >= 11 is 5.87. The van der Waals surface area contributed by atoms with Gasteiger partial charge in [-0.25, -0.2) is 14.4 Å². The van der Waals surface area contributed by atoms with Gasteiger partial charge in [0.05, 0.1) is 36.7 Å². The van der Waals surface area contributed by atoms with E-state index in [1.54, 1.807) is 12.4 Å². The van der Waals surface area contributed by atoms with Crippen LogP contribution in [0, 0.1) is 17.7 Å². The lowest BCUT2D eigenvalue weighted by Gasteiger charge is -2.41. The second kappa shape index (κ2) is 17.8. The predicted octanol–water partition coefficient (Wildman–Crippen LogP) is 0.0427.